The Kier molecular flexibility index (Phi) is 5.36. The predicted octanol–water partition coefficient (Wildman–Crippen LogP) is 6.46. The predicted molar refractivity (Wildman–Crippen MR) is 93.3 cm³/mol. The van der Waals surface area contributed by atoms with Crippen LogP contribution in [0.2, 0.25) is 0 Å². The molecule has 4 heteroatoms. The van der Waals surface area contributed by atoms with E-state index in [1.54, 1.807) is 0 Å². The number of hydrogen-bond donors (Lipinski definition) is 0. The minimum Gasteiger partial charge on any atom is -0.496 e. The Balaban J connectivity index is 1.96. The van der Waals surface area contributed by atoms with Crippen LogP contribution >= 0.6 is 0 Å². The molecule has 0 saturated heterocycles. The molecule has 2 aromatic carbocycles. The smallest absolute Gasteiger partial charge is 0.194 e. The normalized spacial score (nSPS) is 20.5. The summed E-state index contributed by atoms with van der Waals surface area (Å²) in [7, 11) is 1.52. The third-order valence-electron chi connectivity index (χ3n) is 5.41. The first kappa shape index (κ1) is 17.8. The van der Waals surface area contributed by atoms with E-state index in [1.807, 2.05) is 18.2 Å². The second-order valence-corrected chi connectivity index (χ2v) is 6.84. The van der Waals surface area contributed by atoms with Crippen LogP contribution in [-0.4, -0.2) is 7.11 Å². The minimum atomic E-state index is -1.45. The molecule has 1 aliphatic rings. The highest BCUT2D eigenvalue weighted by Crippen LogP contribution is 2.40. The molecule has 0 atom stereocenters. The van der Waals surface area contributed by atoms with E-state index in [9.17, 15) is 13.2 Å². The zero-order valence-electron chi connectivity index (χ0n) is 14.6. The van der Waals surface area contributed by atoms with Crippen LogP contribution in [0.5, 0.6) is 5.75 Å². The quantitative estimate of drug-likeness (QED) is 0.576. The summed E-state index contributed by atoms with van der Waals surface area (Å²) in [6, 6.07) is 7.83. The van der Waals surface area contributed by atoms with E-state index >= 15 is 0 Å². The Bertz CT molecular complexity index is 726. The molecule has 0 radical (unpaired) electrons. The maximum atomic E-state index is 13.6. The SMILES string of the molecule is CC[C@H]1CC[C@H](c2ccc(OC)c(-c3cc(F)c(F)c(F)c3)c2)CC1. The maximum Gasteiger partial charge on any atom is 0.194 e. The van der Waals surface area contributed by atoms with Gasteiger partial charge in [0.25, 0.3) is 0 Å². The lowest BCUT2D eigenvalue weighted by Crippen LogP contribution is -2.12. The third kappa shape index (κ3) is 3.68. The molecule has 0 aromatic heterocycles. The summed E-state index contributed by atoms with van der Waals surface area (Å²) in [5.74, 6) is -2.05. The van der Waals surface area contributed by atoms with E-state index in [0.717, 1.165) is 36.5 Å². The molecule has 0 spiro atoms. The highest BCUT2D eigenvalue weighted by molar-refractivity contribution is 5.71. The molecule has 0 N–H and O–H groups in total. The molecule has 25 heavy (non-hydrogen) atoms. The first-order chi connectivity index (χ1) is 12.0. The fraction of sp³-hybridized carbons (Fsp3) is 0.429. The Morgan fingerprint density at radius 2 is 1.60 bits per heavy atom. The van der Waals surface area contributed by atoms with Gasteiger partial charge in [0.15, 0.2) is 17.5 Å². The zero-order valence-corrected chi connectivity index (χ0v) is 14.6. The second-order valence-electron chi connectivity index (χ2n) is 6.84. The summed E-state index contributed by atoms with van der Waals surface area (Å²) in [4.78, 5) is 0. The van der Waals surface area contributed by atoms with E-state index in [0.29, 0.717) is 17.2 Å². The monoisotopic (exact) mass is 348 g/mol. The fourth-order valence-electron chi connectivity index (χ4n) is 3.82. The molecular formula is C21H23F3O. The summed E-state index contributed by atoms with van der Waals surface area (Å²) in [5, 5.41) is 0. The second kappa shape index (κ2) is 7.51. The van der Waals surface area contributed by atoms with Crippen LogP contribution < -0.4 is 4.74 Å². The Morgan fingerprint density at radius 3 is 2.16 bits per heavy atom. The Labute approximate surface area is 146 Å². The van der Waals surface area contributed by atoms with Crippen LogP contribution in [0, 0.1) is 23.4 Å². The number of rotatable bonds is 4. The van der Waals surface area contributed by atoms with Crippen molar-refractivity contribution in [3.63, 3.8) is 0 Å². The summed E-state index contributed by atoms with van der Waals surface area (Å²) >= 11 is 0. The molecule has 3 rings (SSSR count). The van der Waals surface area contributed by atoms with Gasteiger partial charge < -0.3 is 4.74 Å². The first-order valence-electron chi connectivity index (χ1n) is 8.86. The fourth-order valence-corrected chi connectivity index (χ4v) is 3.82. The summed E-state index contributed by atoms with van der Waals surface area (Å²) < 4.78 is 45.9. The van der Waals surface area contributed by atoms with Crippen molar-refractivity contribution in [1.29, 1.82) is 0 Å². The van der Waals surface area contributed by atoms with Crippen LogP contribution in [0.1, 0.15) is 50.5 Å². The molecule has 0 unspecified atom stereocenters. The number of benzene rings is 2. The van der Waals surface area contributed by atoms with Gasteiger partial charge in [-0.25, -0.2) is 13.2 Å². The number of halogens is 3. The van der Waals surface area contributed by atoms with Crippen molar-refractivity contribution in [2.24, 2.45) is 5.92 Å². The van der Waals surface area contributed by atoms with Gasteiger partial charge >= 0.3 is 0 Å². The molecule has 0 bridgehead atoms. The Hall–Kier alpha value is -1.97. The topological polar surface area (TPSA) is 9.23 Å². The van der Waals surface area contributed by atoms with Crippen molar-refractivity contribution in [3.05, 3.63) is 53.3 Å². The first-order valence-corrected chi connectivity index (χ1v) is 8.86. The van der Waals surface area contributed by atoms with Gasteiger partial charge in [0, 0.05) is 5.56 Å². The number of hydrogen-bond acceptors (Lipinski definition) is 1. The summed E-state index contributed by atoms with van der Waals surface area (Å²) in [5.41, 5.74) is 2.03. The Morgan fingerprint density at radius 1 is 0.960 bits per heavy atom. The van der Waals surface area contributed by atoms with Crippen molar-refractivity contribution in [1.82, 2.24) is 0 Å². The summed E-state index contributed by atoms with van der Waals surface area (Å²) in [6.45, 7) is 2.23. The molecule has 1 saturated carbocycles. The molecule has 1 fully saturated rings. The van der Waals surface area contributed by atoms with Gasteiger partial charge in [-0.05, 0) is 72.9 Å². The van der Waals surface area contributed by atoms with Crippen LogP contribution in [0.25, 0.3) is 11.1 Å². The lowest BCUT2D eigenvalue weighted by atomic mass is 9.77. The van der Waals surface area contributed by atoms with Crippen molar-refractivity contribution in [2.75, 3.05) is 7.11 Å². The van der Waals surface area contributed by atoms with Crippen molar-refractivity contribution < 1.29 is 17.9 Å². The van der Waals surface area contributed by atoms with Crippen molar-refractivity contribution in [2.45, 2.75) is 44.9 Å². The molecule has 2 aromatic rings. The van der Waals surface area contributed by atoms with E-state index in [4.69, 9.17) is 4.74 Å². The van der Waals surface area contributed by atoms with Crippen LogP contribution in [0.4, 0.5) is 13.2 Å². The summed E-state index contributed by atoms with van der Waals surface area (Å²) in [6.07, 6.45) is 5.88. The van der Waals surface area contributed by atoms with E-state index in [-0.39, 0.29) is 5.56 Å². The van der Waals surface area contributed by atoms with Crippen molar-refractivity contribution >= 4 is 0 Å². The number of methoxy groups -OCH3 is 1. The lowest BCUT2D eigenvalue weighted by Gasteiger charge is -2.28. The van der Waals surface area contributed by atoms with Gasteiger partial charge in [-0.3, -0.25) is 0 Å². The molecule has 1 aliphatic carbocycles. The highest BCUT2D eigenvalue weighted by atomic mass is 19.2. The standard InChI is InChI=1S/C21H23F3O/c1-3-13-4-6-14(7-5-13)15-8-9-20(25-2)17(10-15)16-11-18(22)21(24)19(23)12-16/h8-14H,3-7H2,1-2H3/t13-,14-. The van der Waals surface area contributed by atoms with E-state index in [1.165, 1.54) is 26.4 Å². The molecule has 0 aliphatic heterocycles. The van der Waals surface area contributed by atoms with Gasteiger partial charge in [0.1, 0.15) is 5.75 Å². The molecular weight excluding hydrogens is 325 g/mol. The lowest BCUT2D eigenvalue weighted by molar-refractivity contribution is 0.318. The van der Waals surface area contributed by atoms with Gasteiger partial charge in [-0.2, -0.15) is 0 Å². The molecule has 0 amide bonds. The maximum absolute atomic E-state index is 13.6. The molecule has 134 valence electrons. The van der Waals surface area contributed by atoms with Crippen LogP contribution in [0.3, 0.4) is 0 Å². The number of ether oxygens (including phenoxy) is 1. The van der Waals surface area contributed by atoms with E-state index < -0.39 is 17.5 Å². The van der Waals surface area contributed by atoms with Crippen LogP contribution in [0.15, 0.2) is 30.3 Å². The molecule has 0 heterocycles. The van der Waals surface area contributed by atoms with E-state index in [2.05, 4.69) is 6.92 Å². The highest BCUT2D eigenvalue weighted by Gasteiger charge is 2.23. The van der Waals surface area contributed by atoms with Gasteiger partial charge in [-0.1, -0.05) is 19.4 Å². The molecule has 1 nitrogen and oxygen atoms in total. The van der Waals surface area contributed by atoms with Crippen molar-refractivity contribution in [3.8, 4) is 16.9 Å². The van der Waals surface area contributed by atoms with Gasteiger partial charge in [0.05, 0.1) is 7.11 Å². The van der Waals surface area contributed by atoms with Gasteiger partial charge in [0.2, 0.25) is 0 Å². The average Bonchev–Trinajstić information content (AvgIpc) is 2.65. The minimum absolute atomic E-state index is 0.289. The zero-order chi connectivity index (χ0) is 18.0. The largest absolute Gasteiger partial charge is 0.496 e. The third-order valence-corrected chi connectivity index (χ3v) is 5.41. The van der Waals surface area contributed by atoms with Crippen LogP contribution in [-0.2, 0) is 0 Å². The van der Waals surface area contributed by atoms with Gasteiger partial charge in [-0.15, -0.1) is 0 Å². The average molecular weight is 348 g/mol.